The van der Waals surface area contributed by atoms with Crippen molar-refractivity contribution in [2.45, 2.75) is 0 Å². The van der Waals surface area contributed by atoms with E-state index in [0.29, 0.717) is 4.47 Å². The zero-order chi connectivity index (χ0) is 9.14. The second-order valence-corrected chi connectivity index (χ2v) is 2.94. The number of hydrogen-bond donors (Lipinski definition) is 0. The fourth-order valence-electron chi connectivity index (χ4n) is 0.633. The molecule has 2 nitrogen and oxygen atoms in total. The van der Waals surface area contributed by atoms with E-state index < -0.39 is 12.9 Å². The maximum atomic E-state index is 11.8. The highest BCUT2D eigenvalue weighted by atomic mass is 79.9. The fraction of sp³-hybridized carbons (Fsp3) is 0. The Morgan fingerprint density at radius 3 is 2.58 bits per heavy atom. The predicted molar refractivity (Wildman–Crippen MR) is 44.2 cm³/mol. The highest BCUT2D eigenvalue weighted by Gasteiger charge is 2.26. The molecule has 0 N–H and O–H groups in total. The molecule has 0 radical (unpaired) electrons. The minimum atomic E-state index is -2.99. The summed E-state index contributed by atoms with van der Waals surface area (Å²) in [5, 5.41) is 0. The van der Waals surface area contributed by atoms with Crippen LogP contribution in [0.3, 0.4) is 0 Å². The molecule has 1 aromatic rings. The summed E-state index contributed by atoms with van der Waals surface area (Å²) in [5.41, 5.74) is -1.46. The second-order valence-electron chi connectivity index (χ2n) is 2.03. The molecule has 0 aliphatic carbocycles. The van der Waals surface area contributed by atoms with Gasteiger partial charge in [0.2, 0.25) is 5.68 Å². The van der Waals surface area contributed by atoms with Crippen LogP contribution in [0.25, 0.3) is 0 Å². The van der Waals surface area contributed by atoms with Crippen LogP contribution in [0.4, 0.5) is 8.63 Å². The van der Waals surface area contributed by atoms with Gasteiger partial charge in [0, 0.05) is 10.7 Å². The molecular formula is C6H3BBrF2NO. The summed E-state index contributed by atoms with van der Waals surface area (Å²) in [6, 6.07) is 2.74. The van der Waals surface area contributed by atoms with Crippen molar-refractivity contribution in [2.24, 2.45) is 0 Å². The molecular weight excluding hydrogens is 231 g/mol. The molecule has 0 saturated carbocycles. The molecule has 0 aromatic carbocycles. The minimum absolute atomic E-state index is 0.215. The molecule has 0 saturated heterocycles. The van der Waals surface area contributed by atoms with Crippen molar-refractivity contribution in [2.75, 3.05) is 0 Å². The van der Waals surface area contributed by atoms with Gasteiger partial charge in [-0.25, -0.2) is 0 Å². The topological polar surface area (TPSA) is 30.0 Å². The Morgan fingerprint density at radius 2 is 2.17 bits per heavy atom. The molecule has 0 atom stereocenters. The molecule has 62 valence electrons. The van der Waals surface area contributed by atoms with Gasteiger partial charge in [0.15, 0.2) is 0 Å². The minimum Gasteiger partial charge on any atom is -0.296 e. The van der Waals surface area contributed by atoms with E-state index in [-0.39, 0.29) is 5.69 Å². The van der Waals surface area contributed by atoms with Crippen LogP contribution in [0, 0.1) is 0 Å². The van der Waals surface area contributed by atoms with E-state index in [1.165, 1.54) is 18.3 Å². The van der Waals surface area contributed by atoms with Gasteiger partial charge in [0.25, 0.3) is 0 Å². The van der Waals surface area contributed by atoms with Crippen LogP contribution in [0.15, 0.2) is 22.8 Å². The van der Waals surface area contributed by atoms with E-state index in [1.807, 2.05) is 0 Å². The number of carbonyl (C=O) groups is 1. The van der Waals surface area contributed by atoms with E-state index in [9.17, 15) is 13.4 Å². The molecule has 0 bridgehead atoms. The summed E-state index contributed by atoms with van der Waals surface area (Å²) in [6.45, 7) is 0. The maximum absolute atomic E-state index is 11.8. The van der Waals surface area contributed by atoms with Crippen molar-refractivity contribution in [3.8, 4) is 0 Å². The summed E-state index contributed by atoms with van der Waals surface area (Å²) in [5.74, 6) is 0. The molecule has 1 aromatic heterocycles. The number of hydrogen-bond acceptors (Lipinski definition) is 2. The molecule has 1 rings (SSSR count). The van der Waals surface area contributed by atoms with Crippen LogP contribution in [0.5, 0.6) is 0 Å². The average molecular weight is 234 g/mol. The van der Waals surface area contributed by atoms with Crippen molar-refractivity contribution < 1.29 is 13.4 Å². The Morgan fingerprint density at radius 1 is 1.50 bits per heavy atom. The Bertz CT molecular complexity index is 290. The molecule has 0 unspecified atom stereocenters. The van der Waals surface area contributed by atoms with E-state index >= 15 is 0 Å². The van der Waals surface area contributed by atoms with Gasteiger partial charge in [-0.3, -0.25) is 18.4 Å². The Labute approximate surface area is 76.3 Å². The molecule has 0 amide bonds. The summed E-state index contributed by atoms with van der Waals surface area (Å²) in [4.78, 5) is 14.2. The average Bonchev–Trinajstić information content (AvgIpc) is 2.04. The first-order chi connectivity index (χ1) is 5.61. The monoisotopic (exact) mass is 233 g/mol. The Balaban J connectivity index is 2.90. The van der Waals surface area contributed by atoms with Crippen LogP contribution >= 0.6 is 15.9 Å². The van der Waals surface area contributed by atoms with E-state index in [4.69, 9.17) is 0 Å². The number of halogens is 3. The summed E-state index contributed by atoms with van der Waals surface area (Å²) in [6.07, 6.45) is 1.30. The molecule has 0 spiro atoms. The van der Waals surface area contributed by atoms with Crippen LogP contribution in [0.2, 0.25) is 0 Å². The third-order valence-electron chi connectivity index (χ3n) is 1.18. The normalized spacial score (nSPS) is 9.58. The van der Waals surface area contributed by atoms with E-state index in [2.05, 4.69) is 20.9 Å². The Kier molecular flexibility index (Phi) is 2.91. The van der Waals surface area contributed by atoms with Crippen LogP contribution in [0.1, 0.15) is 10.5 Å². The standard InChI is InChI=1S/C6H3BBrF2NO/c8-4-1-2-5(11-3-4)6(12)7(9)10/h1-3H. The lowest BCUT2D eigenvalue weighted by Crippen LogP contribution is -2.16. The number of rotatable bonds is 2. The second kappa shape index (κ2) is 3.75. The first-order valence-electron chi connectivity index (χ1n) is 3.05. The zero-order valence-corrected chi connectivity index (χ0v) is 7.38. The number of carbonyl (C=O) groups excluding carboxylic acids is 1. The lowest BCUT2D eigenvalue weighted by molar-refractivity contribution is 0.105. The fourth-order valence-corrected chi connectivity index (χ4v) is 0.868. The number of nitrogens with zero attached hydrogens (tertiary/aromatic N) is 1. The van der Waals surface area contributed by atoms with Gasteiger partial charge in [-0.15, -0.1) is 0 Å². The molecule has 6 heteroatoms. The number of pyridine rings is 1. The Hall–Kier alpha value is -0.775. The van der Waals surface area contributed by atoms with Crippen molar-refractivity contribution in [3.05, 3.63) is 28.5 Å². The van der Waals surface area contributed by atoms with E-state index in [0.717, 1.165) is 0 Å². The van der Waals surface area contributed by atoms with Crippen molar-refractivity contribution >= 4 is 28.9 Å². The molecule has 0 fully saturated rings. The zero-order valence-electron chi connectivity index (χ0n) is 5.80. The maximum Gasteiger partial charge on any atom is 0.615 e. The van der Waals surface area contributed by atoms with Gasteiger partial charge in [-0.05, 0) is 28.1 Å². The third-order valence-corrected chi connectivity index (χ3v) is 1.65. The highest BCUT2D eigenvalue weighted by Crippen LogP contribution is 2.08. The summed E-state index contributed by atoms with van der Waals surface area (Å²) in [7, 11) is -2.99. The quantitative estimate of drug-likeness (QED) is 0.732. The van der Waals surface area contributed by atoms with Crippen molar-refractivity contribution in [1.29, 1.82) is 0 Å². The largest absolute Gasteiger partial charge is 0.615 e. The van der Waals surface area contributed by atoms with Crippen molar-refractivity contribution in [1.82, 2.24) is 4.98 Å². The van der Waals surface area contributed by atoms with Crippen LogP contribution in [-0.4, -0.2) is 17.9 Å². The third kappa shape index (κ3) is 2.10. The van der Waals surface area contributed by atoms with Gasteiger partial charge in [-0.1, -0.05) is 0 Å². The lowest BCUT2D eigenvalue weighted by atomic mass is 9.88. The van der Waals surface area contributed by atoms with Crippen LogP contribution in [-0.2, 0) is 0 Å². The van der Waals surface area contributed by atoms with Gasteiger partial charge in [0.1, 0.15) is 5.69 Å². The van der Waals surface area contributed by atoms with Gasteiger partial charge in [0.05, 0.1) is 0 Å². The molecule has 0 aliphatic rings. The molecule has 0 aliphatic heterocycles. The first kappa shape index (κ1) is 9.31. The lowest BCUT2D eigenvalue weighted by Gasteiger charge is -1.94. The molecule has 1 heterocycles. The summed E-state index contributed by atoms with van der Waals surface area (Å²) < 4.78 is 24.3. The first-order valence-corrected chi connectivity index (χ1v) is 3.84. The SMILES string of the molecule is O=C(B(F)F)c1ccc(Br)cn1. The van der Waals surface area contributed by atoms with Gasteiger partial charge >= 0.3 is 7.27 Å². The highest BCUT2D eigenvalue weighted by molar-refractivity contribution is 9.10. The van der Waals surface area contributed by atoms with Gasteiger partial charge in [-0.2, -0.15) is 0 Å². The predicted octanol–water partition coefficient (Wildman–Crippen LogP) is 1.99. The van der Waals surface area contributed by atoms with E-state index in [1.54, 1.807) is 0 Å². The smallest absolute Gasteiger partial charge is 0.296 e. The summed E-state index contributed by atoms with van der Waals surface area (Å²) >= 11 is 3.07. The van der Waals surface area contributed by atoms with Gasteiger partial charge < -0.3 is 0 Å². The van der Waals surface area contributed by atoms with Crippen LogP contribution < -0.4 is 0 Å². The number of aromatic nitrogens is 1. The molecule has 12 heavy (non-hydrogen) atoms. The van der Waals surface area contributed by atoms with Crippen molar-refractivity contribution in [3.63, 3.8) is 0 Å².